The molecular weight excluding hydrogens is 1710 g/mol. The number of rotatable bonds is 27. The second-order valence-electron chi connectivity index (χ2n) is 30.6. The molecule has 130 heavy (non-hydrogen) atoms. The Bertz CT molecular complexity index is 6340. The fourth-order valence-corrected chi connectivity index (χ4v) is 16.1. The summed E-state index contributed by atoms with van der Waals surface area (Å²) in [6.45, 7) is 7.33. The van der Waals surface area contributed by atoms with Crippen LogP contribution < -0.4 is 80.0 Å². The number of primary sulfonamides is 1. The van der Waals surface area contributed by atoms with Crippen LogP contribution in [0, 0.1) is 42.5 Å². The summed E-state index contributed by atoms with van der Waals surface area (Å²) in [6.07, 6.45) is 1.33. The van der Waals surface area contributed by atoms with Crippen LogP contribution in [-0.2, 0) is 38.5 Å². The number of nitro benzene ring substituents is 1. The number of halogens is 2. The lowest BCUT2D eigenvalue weighted by Crippen LogP contribution is -2.24. The zero-order valence-corrected chi connectivity index (χ0v) is 73.1. The van der Waals surface area contributed by atoms with E-state index >= 15 is 0 Å². The Kier molecular flexibility index (Phi) is 29.9. The maximum atomic E-state index is 13.6. The molecule has 670 valence electrons. The van der Waals surface area contributed by atoms with E-state index in [-0.39, 0.29) is 69.5 Å². The van der Waals surface area contributed by atoms with Crippen molar-refractivity contribution in [2.75, 3.05) is 74.2 Å². The minimum Gasteiger partial charge on any atom is -0.493 e. The minimum absolute atomic E-state index is 0.0110. The van der Waals surface area contributed by atoms with E-state index in [1.807, 2.05) is 116 Å². The number of primary amides is 2. The van der Waals surface area contributed by atoms with Gasteiger partial charge in [0.05, 0.1) is 50.3 Å². The Hall–Kier alpha value is -14.7. The predicted molar refractivity (Wildman–Crippen MR) is 484 cm³/mol. The highest BCUT2D eigenvalue weighted by Crippen LogP contribution is 2.45. The third-order valence-corrected chi connectivity index (χ3v) is 23.7. The molecule has 33 heteroatoms. The van der Waals surface area contributed by atoms with Crippen molar-refractivity contribution < 1.29 is 98.1 Å². The number of sulfonamides is 1. The highest BCUT2D eigenvalue weighted by atomic mass is 32.2. The number of ether oxygens (including phenoxy) is 8. The number of methoxy groups -OCH3 is 4. The first-order chi connectivity index (χ1) is 62.4. The number of non-ortho nitro benzene ring substituents is 1. The Morgan fingerprint density at radius 2 is 0.792 bits per heavy atom. The van der Waals surface area contributed by atoms with E-state index < -0.39 is 26.8 Å². The summed E-state index contributed by atoms with van der Waals surface area (Å²) < 4.78 is 100. The van der Waals surface area contributed by atoms with Crippen LogP contribution in [0.2, 0.25) is 0 Å². The molecule has 6 amide bonds. The van der Waals surface area contributed by atoms with Crippen LogP contribution in [0.1, 0.15) is 109 Å². The van der Waals surface area contributed by atoms with Crippen LogP contribution in [0.4, 0.5) is 37.2 Å². The van der Waals surface area contributed by atoms with Crippen LogP contribution >= 0.6 is 12.0 Å². The normalized spacial score (nSPS) is 15.7. The molecule has 4 aliphatic heterocycles. The number of para-hydroxylation sites is 1. The number of carbonyl (C=O) groups excluding carboxylic acids is 6. The molecule has 4 heterocycles. The second kappa shape index (κ2) is 41.8. The van der Waals surface area contributed by atoms with Gasteiger partial charge in [0.15, 0.2) is 46.0 Å². The van der Waals surface area contributed by atoms with E-state index in [1.54, 1.807) is 146 Å². The zero-order chi connectivity index (χ0) is 92.6. The van der Waals surface area contributed by atoms with Crippen molar-refractivity contribution >= 4 is 85.9 Å². The summed E-state index contributed by atoms with van der Waals surface area (Å²) in [7, 11) is 2.44. The van der Waals surface area contributed by atoms with Crippen LogP contribution in [-0.4, -0.2) is 103 Å². The molecule has 0 aromatic heterocycles. The lowest BCUT2D eigenvalue weighted by atomic mass is 9.98. The van der Waals surface area contributed by atoms with Crippen LogP contribution in [0.15, 0.2) is 265 Å². The highest BCUT2D eigenvalue weighted by Gasteiger charge is 2.37. The number of aryl methyl sites for hydroxylation is 3. The van der Waals surface area contributed by atoms with E-state index in [1.165, 1.54) is 61.7 Å². The van der Waals surface area contributed by atoms with Crippen molar-refractivity contribution in [1.29, 1.82) is 0 Å². The van der Waals surface area contributed by atoms with Gasteiger partial charge in [0.1, 0.15) is 34.6 Å². The van der Waals surface area contributed by atoms with Gasteiger partial charge in [0, 0.05) is 126 Å². The Morgan fingerprint density at radius 3 is 1.18 bits per heavy atom. The van der Waals surface area contributed by atoms with Gasteiger partial charge in [-0.2, -0.15) is 5.90 Å². The third kappa shape index (κ3) is 22.8. The molecular formula is C97H91F2N9O20S2. The maximum absolute atomic E-state index is 13.6. The SMILES string of the molecule is COc1ccc(C2CC(=O)N(c3ccc(S(N)(=O)=O)cc3)C2)cc1Oc1ccccc1C.COc1ccc(C2CC(=O)N(c3ccc(SOON)cc3)C2)cc1Oc1ccc(F)cc1C.COc1ccc(C2CC(=O)N(c3cccc(C(N)=O)c3)C2)cc1Oc1ccc(F)c(C)c1.COc1ccc(C2CC(=O)N(c3cccc(C(N)=O)c3)C2)cc1Oc1ccc([N+](=O)[O-])cc1. The first-order valence-electron chi connectivity index (χ1n) is 40.6. The molecule has 29 nitrogen and oxygen atoms in total. The lowest BCUT2D eigenvalue weighted by Gasteiger charge is -2.18. The molecule has 4 fully saturated rings. The van der Waals surface area contributed by atoms with Gasteiger partial charge >= 0.3 is 0 Å². The predicted octanol–water partition coefficient (Wildman–Crippen LogP) is 17.8. The van der Waals surface area contributed by atoms with Gasteiger partial charge in [0.25, 0.3) is 5.69 Å². The molecule has 12 aromatic carbocycles. The van der Waals surface area contributed by atoms with Gasteiger partial charge in [-0.25, -0.2) is 22.3 Å². The molecule has 0 spiro atoms. The molecule has 0 bridgehead atoms. The van der Waals surface area contributed by atoms with E-state index in [4.69, 9.17) is 60.4 Å². The summed E-state index contributed by atoms with van der Waals surface area (Å²) in [4.78, 5) is 95.9. The van der Waals surface area contributed by atoms with Crippen LogP contribution in [0.25, 0.3) is 0 Å². The van der Waals surface area contributed by atoms with Gasteiger partial charge in [-0.15, -0.1) is 9.32 Å². The standard InChI is InChI=1S/C25H23FN2O4.C24H23FN2O5S.C24H21N3O6.C24H24N2O5S/c1-15-10-20(7-8-21(15)26)32-23-12-16(6-9-22(23)31-2)18-13-24(29)28(14-18)19-5-3-4-17(11-19)25(27)30;1-15-11-18(25)4-10-21(15)30-23-12-16(3-9-22(23)29-2)17-13-24(28)27(14-17)19-5-7-20(8-6-19)33-32-31-26;1-32-21-10-5-15(12-22(21)33-20-8-6-18(7-9-20)27(30)31)17-13-23(28)26(14-17)19-4-2-3-16(11-19)24(25)29;1-16-5-3-4-6-21(16)31-23-13-17(7-12-22(23)30-2)18-14-24(27)26(15-18)19-8-10-20(11-9-19)32(25,28)29/h3-12,18H,13-14H2,1-2H3,(H2,27,30);3-12,17H,13-14,26H2,1-2H3;2-12,17H,13-14H2,1H3,(H2,25,29);3-13,18H,14-15H2,1-2H3,(H2,25,28,29). The van der Waals surface area contributed by atoms with Gasteiger partial charge in [0.2, 0.25) is 45.5 Å². The minimum atomic E-state index is -3.78. The van der Waals surface area contributed by atoms with Crippen molar-refractivity contribution in [3.05, 3.63) is 327 Å². The van der Waals surface area contributed by atoms with Crippen LogP contribution in [0.3, 0.4) is 0 Å². The molecule has 0 saturated carbocycles. The molecule has 0 aliphatic carbocycles. The van der Waals surface area contributed by atoms with Gasteiger partial charge in [-0.3, -0.25) is 38.9 Å². The van der Waals surface area contributed by atoms with Crippen molar-refractivity contribution in [2.45, 2.75) is 79.9 Å². The second-order valence-corrected chi connectivity index (χ2v) is 33.0. The number of hydrogen-bond donors (Lipinski definition) is 4. The molecule has 4 atom stereocenters. The summed E-state index contributed by atoms with van der Waals surface area (Å²) in [5, 5.41) is 16.0. The first kappa shape index (κ1) is 92.9. The average Bonchev–Trinajstić information content (AvgIpc) is 1.66. The van der Waals surface area contributed by atoms with Crippen molar-refractivity contribution in [2.24, 2.45) is 22.5 Å². The molecule has 8 N–H and O–H groups in total. The fourth-order valence-electron chi connectivity index (χ4n) is 15.2. The summed E-state index contributed by atoms with van der Waals surface area (Å²) in [5.74, 6) is 9.23. The monoisotopic (exact) mass is 1800 g/mol. The first-order valence-corrected chi connectivity index (χ1v) is 42.9. The number of amides is 6. The van der Waals surface area contributed by atoms with Crippen molar-refractivity contribution in [3.63, 3.8) is 0 Å². The Labute approximate surface area is 752 Å². The topological polar surface area (TPSA) is 389 Å². The molecule has 16 rings (SSSR count). The smallest absolute Gasteiger partial charge is 0.269 e. The number of carbonyl (C=O) groups is 6. The van der Waals surface area contributed by atoms with Crippen molar-refractivity contribution in [3.8, 4) is 69.0 Å². The van der Waals surface area contributed by atoms with E-state index in [9.17, 15) is 56.1 Å². The number of nitrogens with two attached hydrogens (primary N) is 4. The number of hydrogen-bond acceptors (Lipinski definition) is 22. The maximum Gasteiger partial charge on any atom is 0.269 e. The molecule has 12 aromatic rings. The Balaban J connectivity index is 0.000000148. The van der Waals surface area contributed by atoms with E-state index in [0.29, 0.717) is 154 Å². The van der Waals surface area contributed by atoms with Crippen LogP contribution in [0.5, 0.6) is 69.0 Å². The number of benzene rings is 12. The molecule has 0 radical (unpaired) electrons. The summed E-state index contributed by atoms with van der Waals surface area (Å²) in [5.41, 5.74) is 20.0. The van der Waals surface area contributed by atoms with E-state index in [0.717, 1.165) is 56.2 Å². The van der Waals surface area contributed by atoms with E-state index in [2.05, 4.69) is 9.32 Å². The zero-order valence-electron chi connectivity index (χ0n) is 71.5. The molecule has 4 unspecified atom stereocenters. The Morgan fingerprint density at radius 1 is 0.408 bits per heavy atom. The molecule has 4 aliphatic rings. The summed E-state index contributed by atoms with van der Waals surface area (Å²) in [6, 6.07) is 71.5. The number of nitro groups is 1. The largest absolute Gasteiger partial charge is 0.493 e. The quantitative estimate of drug-likeness (QED) is 0.0161. The van der Waals surface area contributed by atoms with Gasteiger partial charge in [-0.05, 0) is 248 Å². The number of nitrogens with zero attached hydrogens (tertiary/aromatic N) is 5. The average molecular weight is 1800 g/mol. The lowest BCUT2D eigenvalue weighted by molar-refractivity contribution is -0.384. The molecule has 4 saturated heterocycles. The van der Waals surface area contributed by atoms with Crippen molar-refractivity contribution in [1.82, 2.24) is 0 Å². The van der Waals surface area contributed by atoms with Gasteiger partial charge < -0.3 is 69.0 Å². The highest BCUT2D eigenvalue weighted by molar-refractivity contribution is 7.94. The summed E-state index contributed by atoms with van der Waals surface area (Å²) >= 11 is 0.980. The van der Waals surface area contributed by atoms with Gasteiger partial charge in [-0.1, -0.05) is 54.6 Å². The number of anilines is 4. The third-order valence-electron chi connectivity index (χ3n) is 22.1. The fraction of sp³-hybridized carbons (Fsp3) is 0.196.